The Bertz CT molecular complexity index is 612. The smallest absolute Gasteiger partial charge is 0.326 e. The van der Waals surface area contributed by atoms with Crippen LogP contribution < -0.4 is 5.32 Å². The monoisotopic (exact) mass is 429 g/mol. The van der Waals surface area contributed by atoms with E-state index < -0.39 is 12.0 Å². The summed E-state index contributed by atoms with van der Waals surface area (Å²) in [4.78, 5) is 22.9. The van der Waals surface area contributed by atoms with Gasteiger partial charge in [-0.2, -0.15) is 0 Å². The molecule has 0 radical (unpaired) electrons. The molecule has 4 heteroatoms. The van der Waals surface area contributed by atoms with Gasteiger partial charge in [0.2, 0.25) is 5.91 Å². The van der Waals surface area contributed by atoms with Crippen molar-refractivity contribution >= 4 is 11.9 Å². The number of carboxylic acid groups (broad SMARTS) is 1. The fourth-order valence-corrected chi connectivity index (χ4v) is 2.85. The van der Waals surface area contributed by atoms with E-state index in [4.69, 9.17) is 5.11 Å². The Hall–Kier alpha value is -2.36. The van der Waals surface area contributed by atoms with Gasteiger partial charge in [0.05, 0.1) is 0 Å². The molecule has 174 valence electrons. The molecule has 0 heterocycles. The van der Waals surface area contributed by atoms with Gasteiger partial charge in [0.15, 0.2) is 0 Å². The molecule has 31 heavy (non-hydrogen) atoms. The number of rotatable bonds is 18. The minimum Gasteiger partial charge on any atom is -0.480 e. The van der Waals surface area contributed by atoms with E-state index in [1.165, 1.54) is 0 Å². The Kier molecular flexibility index (Phi) is 19.3. The van der Waals surface area contributed by atoms with Crippen LogP contribution in [0.15, 0.2) is 60.8 Å². The van der Waals surface area contributed by atoms with Crippen molar-refractivity contribution in [1.29, 1.82) is 0 Å². The van der Waals surface area contributed by atoms with E-state index >= 15 is 0 Å². The molecule has 0 rings (SSSR count). The molecular formula is C27H43NO3. The molecule has 0 bridgehead atoms. The number of hydrogen-bond acceptors (Lipinski definition) is 2. The molecule has 0 saturated heterocycles. The van der Waals surface area contributed by atoms with E-state index in [-0.39, 0.29) is 11.8 Å². The molecule has 0 aliphatic carbocycles. The molecule has 1 amide bonds. The number of amides is 1. The van der Waals surface area contributed by atoms with Gasteiger partial charge in [-0.05, 0) is 57.3 Å². The average molecular weight is 430 g/mol. The quantitative estimate of drug-likeness (QED) is 0.184. The minimum atomic E-state index is -0.971. The maximum absolute atomic E-state index is 11.8. The summed E-state index contributed by atoms with van der Waals surface area (Å²) in [7, 11) is 0. The normalized spacial score (nSPS) is 13.5. The lowest BCUT2D eigenvalue weighted by Crippen LogP contribution is -2.44. The topological polar surface area (TPSA) is 66.4 Å². The van der Waals surface area contributed by atoms with Crippen molar-refractivity contribution in [2.75, 3.05) is 0 Å². The molecule has 0 spiro atoms. The number of unbranched alkanes of at least 4 members (excludes halogenated alkanes) is 3. The summed E-state index contributed by atoms with van der Waals surface area (Å²) in [5.41, 5.74) is 0. The summed E-state index contributed by atoms with van der Waals surface area (Å²) in [6.45, 7) is 5.74. The van der Waals surface area contributed by atoms with E-state index in [9.17, 15) is 9.59 Å². The number of aliphatic carboxylic acids is 1. The van der Waals surface area contributed by atoms with Crippen molar-refractivity contribution in [3.63, 3.8) is 0 Å². The molecule has 2 N–H and O–H groups in total. The largest absolute Gasteiger partial charge is 0.480 e. The Labute approximate surface area is 189 Å². The van der Waals surface area contributed by atoms with Crippen LogP contribution in [0.2, 0.25) is 0 Å². The molecule has 0 saturated carbocycles. The van der Waals surface area contributed by atoms with E-state index in [1.54, 1.807) is 13.8 Å². The second kappa shape index (κ2) is 20.9. The van der Waals surface area contributed by atoms with Crippen LogP contribution in [0.1, 0.15) is 85.0 Å². The van der Waals surface area contributed by atoms with Crippen LogP contribution in [0.25, 0.3) is 0 Å². The predicted molar refractivity (Wildman–Crippen MR) is 132 cm³/mol. The van der Waals surface area contributed by atoms with Gasteiger partial charge in [-0.15, -0.1) is 0 Å². The number of carbonyl (C=O) groups is 2. The van der Waals surface area contributed by atoms with Crippen molar-refractivity contribution in [2.45, 2.75) is 91.0 Å². The van der Waals surface area contributed by atoms with E-state index in [0.29, 0.717) is 6.42 Å². The van der Waals surface area contributed by atoms with Crippen molar-refractivity contribution in [3.8, 4) is 0 Å². The standard InChI is InChI=1S/C27H43NO3/c1-4-5-6-7-8-9-10-11-12-13-14-15-16-17-18-19-20-21-22-23-25(29)28-26(24(2)3)27(30)31/h5-6,8-9,11-12,14-15,17-18,24,26H,4,7,10,13,16,19-23H2,1-3H3,(H,28,29)(H,30,31)/b6-5-,9-8-,12-11-,15-14-,18-17-/t26-/m0/s1. The zero-order chi connectivity index (χ0) is 23.2. The number of carboxylic acids is 1. The van der Waals surface area contributed by atoms with Crippen LogP contribution in [-0.4, -0.2) is 23.0 Å². The third kappa shape index (κ3) is 19.4. The molecule has 0 aromatic heterocycles. The van der Waals surface area contributed by atoms with Crippen LogP contribution in [0, 0.1) is 5.92 Å². The molecule has 0 aliphatic rings. The molecule has 0 fully saturated rings. The fraction of sp³-hybridized carbons (Fsp3) is 0.556. The van der Waals surface area contributed by atoms with Gasteiger partial charge in [0.25, 0.3) is 0 Å². The highest BCUT2D eigenvalue weighted by atomic mass is 16.4. The Morgan fingerprint density at radius 2 is 1.23 bits per heavy atom. The third-order valence-electron chi connectivity index (χ3n) is 4.68. The fourth-order valence-electron chi connectivity index (χ4n) is 2.85. The molecule has 4 nitrogen and oxygen atoms in total. The van der Waals surface area contributed by atoms with Gasteiger partial charge in [-0.3, -0.25) is 4.79 Å². The van der Waals surface area contributed by atoms with Gasteiger partial charge in [-0.25, -0.2) is 4.79 Å². The maximum Gasteiger partial charge on any atom is 0.326 e. The van der Waals surface area contributed by atoms with E-state index in [1.807, 2.05) is 0 Å². The SMILES string of the molecule is CC/C=C\C/C=C\C/C=C\C/C=C\C/C=C\CCCCCC(=O)N[C@H](C(=O)O)C(C)C. The first-order valence-corrected chi connectivity index (χ1v) is 11.8. The van der Waals surface area contributed by atoms with E-state index in [2.05, 4.69) is 73.0 Å². The lowest BCUT2D eigenvalue weighted by Gasteiger charge is -2.17. The second-order valence-electron chi connectivity index (χ2n) is 7.93. The van der Waals surface area contributed by atoms with Crippen LogP contribution >= 0.6 is 0 Å². The van der Waals surface area contributed by atoms with Crippen molar-refractivity contribution < 1.29 is 14.7 Å². The lowest BCUT2D eigenvalue weighted by atomic mass is 10.0. The van der Waals surface area contributed by atoms with Crippen LogP contribution in [0.5, 0.6) is 0 Å². The first-order valence-electron chi connectivity index (χ1n) is 11.8. The minimum absolute atomic E-state index is 0.114. The summed E-state index contributed by atoms with van der Waals surface area (Å²) in [6, 6.07) is -0.797. The maximum atomic E-state index is 11.8. The summed E-state index contributed by atoms with van der Waals surface area (Å²) < 4.78 is 0. The van der Waals surface area contributed by atoms with E-state index in [0.717, 1.165) is 57.8 Å². The van der Waals surface area contributed by atoms with Gasteiger partial charge in [-0.1, -0.05) is 88.0 Å². The highest BCUT2D eigenvalue weighted by Crippen LogP contribution is 2.07. The lowest BCUT2D eigenvalue weighted by molar-refractivity contribution is -0.143. The predicted octanol–water partition coefficient (Wildman–Crippen LogP) is 6.91. The molecule has 0 aliphatic heterocycles. The van der Waals surface area contributed by atoms with Gasteiger partial charge < -0.3 is 10.4 Å². The number of allylic oxidation sites excluding steroid dienone is 10. The first kappa shape index (κ1) is 28.6. The number of carbonyl (C=O) groups excluding carboxylic acids is 1. The second-order valence-corrected chi connectivity index (χ2v) is 7.93. The van der Waals surface area contributed by atoms with Crippen molar-refractivity contribution in [1.82, 2.24) is 5.32 Å². The molecule has 0 aromatic carbocycles. The van der Waals surface area contributed by atoms with Gasteiger partial charge >= 0.3 is 5.97 Å². The number of hydrogen-bond donors (Lipinski definition) is 2. The van der Waals surface area contributed by atoms with Gasteiger partial charge in [0, 0.05) is 6.42 Å². The highest BCUT2D eigenvalue weighted by molar-refractivity contribution is 5.83. The summed E-state index contributed by atoms with van der Waals surface area (Å²) in [6.07, 6.45) is 31.2. The molecule has 0 aromatic rings. The van der Waals surface area contributed by atoms with Crippen molar-refractivity contribution in [3.05, 3.63) is 60.8 Å². The van der Waals surface area contributed by atoms with Crippen LogP contribution in [0.3, 0.4) is 0 Å². The Morgan fingerprint density at radius 3 is 1.68 bits per heavy atom. The zero-order valence-electron chi connectivity index (χ0n) is 19.8. The molecular weight excluding hydrogens is 386 g/mol. The summed E-state index contributed by atoms with van der Waals surface area (Å²) >= 11 is 0. The Balaban J connectivity index is 3.64. The van der Waals surface area contributed by atoms with Crippen LogP contribution in [0.4, 0.5) is 0 Å². The van der Waals surface area contributed by atoms with Gasteiger partial charge in [0.1, 0.15) is 6.04 Å². The molecule has 1 atom stereocenters. The summed E-state index contributed by atoms with van der Waals surface area (Å²) in [5, 5.41) is 11.7. The van der Waals surface area contributed by atoms with Crippen LogP contribution in [-0.2, 0) is 9.59 Å². The van der Waals surface area contributed by atoms with Crippen molar-refractivity contribution in [2.24, 2.45) is 5.92 Å². The highest BCUT2D eigenvalue weighted by Gasteiger charge is 2.22. The summed E-state index contributed by atoms with van der Waals surface area (Å²) in [5.74, 6) is -1.26. The third-order valence-corrected chi connectivity index (χ3v) is 4.68. The average Bonchev–Trinajstić information content (AvgIpc) is 2.73. The first-order chi connectivity index (χ1) is 15.0. The molecule has 0 unspecified atom stereocenters. The zero-order valence-corrected chi connectivity index (χ0v) is 19.8. The number of nitrogens with one attached hydrogen (secondary N) is 1. The Morgan fingerprint density at radius 1 is 0.742 bits per heavy atom.